The van der Waals surface area contributed by atoms with E-state index in [1.807, 2.05) is 19.3 Å². The van der Waals surface area contributed by atoms with Crippen LogP contribution in [0.15, 0.2) is 12.4 Å². The SMILES string of the molecule is CCOCCCn1ccnc1NC(C)CN1CCOCC1. The number of morpholine rings is 1. The zero-order chi connectivity index (χ0) is 14.9. The van der Waals surface area contributed by atoms with Crippen LogP contribution in [0, 0.1) is 0 Å². The molecule has 0 bridgehead atoms. The number of nitrogens with one attached hydrogen (secondary N) is 1. The first kappa shape index (κ1) is 16.3. The van der Waals surface area contributed by atoms with Gasteiger partial charge < -0.3 is 19.4 Å². The number of anilines is 1. The molecule has 1 aromatic rings. The second-order valence-electron chi connectivity index (χ2n) is 5.45. The molecule has 1 fully saturated rings. The number of hydrogen-bond acceptors (Lipinski definition) is 5. The Morgan fingerprint density at radius 2 is 2.24 bits per heavy atom. The van der Waals surface area contributed by atoms with E-state index in [0.717, 1.165) is 65.0 Å². The average Bonchev–Trinajstić information content (AvgIpc) is 2.92. The van der Waals surface area contributed by atoms with Crippen LogP contribution in [0.2, 0.25) is 0 Å². The third-order valence-corrected chi connectivity index (χ3v) is 3.62. The van der Waals surface area contributed by atoms with Crippen LogP contribution in [-0.2, 0) is 16.0 Å². The van der Waals surface area contributed by atoms with Gasteiger partial charge in [-0.05, 0) is 20.3 Å². The van der Waals surface area contributed by atoms with Crippen LogP contribution in [0.4, 0.5) is 5.95 Å². The molecule has 2 heterocycles. The van der Waals surface area contributed by atoms with E-state index in [4.69, 9.17) is 9.47 Å². The summed E-state index contributed by atoms with van der Waals surface area (Å²) >= 11 is 0. The Bertz CT molecular complexity index is 391. The van der Waals surface area contributed by atoms with E-state index in [1.165, 1.54) is 0 Å². The summed E-state index contributed by atoms with van der Waals surface area (Å²) in [4.78, 5) is 6.85. The lowest BCUT2D eigenvalue weighted by Crippen LogP contribution is -2.42. The number of aromatic nitrogens is 2. The maximum absolute atomic E-state index is 5.38. The third-order valence-electron chi connectivity index (χ3n) is 3.62. The molecule has 0 amide bonds. The highest BCUT2D eigenvalue weighted by molar-refractivity contribution is 5.27. The van der Waals surface area contributed by atoms with Gasteiger partial charge in [-0.1, -0.05) is 0 Å². The van der Waals surface area contributed by atoms with Gasteiger partial charge in [-0.2, -0.15) is 0 Å². The molecule has 2 rings (SSSR count). The van der Waals surface area contributed by atoms with Gasteiger partial charge in [-0.15, -0.1) is 0 Å². The maximum atomic E-state index is 5.38. The molecule has 1 aromatic heterocycles. The van der Waals surface area contributed by atoms with E-state index < -0.39 is 0 Å². The Labute approximate surface area is 127 Å². The zero-order valence-electron chi connectivity index (χ0n) is 13.3. The Hall–Kier alpha value is -1.11. The summed E-state index contributed by atoms with van der Waals surface area (Å²) in [6.07, 6.45) is 4.89. The predicted octanol–water partition coefficient (Wildman–Crippen LogP) is 1.44. The van der Waals surface area contributed by atoms with Crippen molar-refractivity contribution in [3.8, 4) is 0 Å². The van der Waals surface area contributed by atoms with Crippen molar-refractivity contribution in [2.45, 2.75) is 32.9 Å². The molecule has 1 N–H and O–H groups in total. The van der Waals surface area contributed by atoms with Gasteiger partial charge in [0.25, 0.3) is 0 Å². The van der Waals surface area contributed by atoms with Crippen molar-refractivity contribution in [2.24, 2.45) is 0 Å². The van der Waals surface area contributed by atoms with Crippen molar-refractivity contribution < 1.29 is 9.47 Å². The fourth-order valence-electron chi connectivity index (χ4n) is 2.55. The van der Waals surface area contributed by atoms with Gasteiger partial charge in [-0.3, -0.25) is 4.90 Å². The van der Waals surface area contributed by atoms with Crippen LogP contribution in [-0.4, -0.2) is 66.6 Å². The minimum absolute atomic E-state index is 0.371. The fraction of sp³-hybridized carbons (Fsp3) is 0.800. The Morgan fingerprint density at radius 3 is 3.00 bits per heavy atom. The lowest BCUT2D eigenvalue weighted by atomic mass is 10.3. The van der Waals surface area contributed by atoms with Gasteiger partial charge in [0.2, 0.25) is 5.95 Å². The molecule has 120 valence electrons. The Kier molecular flexibility index (Phi) is 6.99. The Morgan fingerprint density at radius 1 is 1.43 bits per heavy atom. The fourth-order valence-corrected chi connectivity index (χ4v) is 2.55. The highest BCUT2D eigenvalue weighted by atomic mass is 16.5. The first-order valence-electron chi connectivity index (χ1n) is 7.95. The molecule has 0 radical (unpaired) electrons. The average molecular weight is 296 g/mol. The molecule has 1 aliphatic heterocycles. The van der Waals surface area contributed by atoms with Gasteiger partial charge in [0.15, 0.2) is 0 Å². The van der Waals surface area contributed by atoms with Gasteiger partial charge in [0.1, 0.15) is 0 Å². The van der Waals surface area contributed by atoms with Crippen LogP contribution in [0.3, 0.4) is 0 Å². The minimum Gasteiger partial charge on any atom is -0.382 e. The van der Waals surface area contributed by atoms with E-state index in [-0.39, 0.29) is 0 Å². The van der Waals surface area contributed by atoms with Crippen LogP contribution in [0.25, 0.3) is 0 Å². The molecule has 1 aliphatic rings. The Balaban J connectivity index is 1.74. The lowest BCUT2D eigenvalue weighted by molar-refractivity contribution is 0.0367. The largest absolute Gasteiger partial charge is 0.382 e. The summed E-state index contributed by atoms with van der Waals surface area (Å²) < 4.78 is 12.9. The highest BCUT2D eigenvalue weighted by Gasteiger charge is 2.14. The van der Waals surface area contributed by atoms with Crippen LogP contribution in [0.5, 0.6) is 0 Å². The van der Waals surface area contributed by atoms with Crippen LogP contribution in [0.1, 0.15) is 20.3 Å². The molecule has 1 saturated heterocycles. The maximum Gasteiger partial charge on any atom is 0.203 e. The standard InChI is InChI=1S/C15H28N4O2/c1-3-20-10-4-6-19-7-5-16-15(19)17-14(2)13-18-8-11-21-12-9-18/h5,7,14H,3-4,6,8-13H2,1-2H3,(H,16,17). The van der Waals surface area contributed by atoms with Crippen molar-refractivity contribution in [3.63, 3.8) is 0 Å². The smallest absolute Gasteiger partial charge is 0.203 e. The molecule has 6 heteroatoms. The predicted molar refractivity (Wildman–Crippen MR) is 83.7 cm³/mol. The molecule has 0 aromatic carbocycles. The summed E-state index contributed by atoms with van der Waals surface area (Å²) in [5.41, 5.74) is 0. The summed E-state index contributed by atoms with van der Waals surface area (Å²) in [6.45, 7) is 11.5. The monoisotopic (exact) mass is 296 g/mol. The van der Waals surface area contributed by atoms with Crippen molar-refractivity contribution in [1.82, 2.24) is 14.5 Å². The second-order valence-corrected chi connectivity index (χ2v) is 5.45. The lowest BCUT2D eigenvalue weighted by Gasteiger charge is -2.29. The van der Waals surface area contributed by atoms with Crippen molar-refractivity contribution in [2.75, 3.05) is 51.4 Å². The second kappa shape index (κ2) is 9.02. The van der Waals surface area contributed by atoms with Gasteiger partial charge in [0.05, 0.1) is 13.2 Å². The highest BCUT2D eigenvalue weighted by Crippen LogP contribution is 2.08. The molecule has 0 spiro atoms. The normalized spacial score (nSPS) is 17.8. The minimum atomic E-state index is 0.371. The summed E-state index contributed by atoms with van der Waals surface area (Å²) in [7, 11) is 0. The first-order valence-corrected chi connectivity index (χ1v) is 7.95. The number of ether oxygens (including phenoxy) is 2. The number of hydrogen-bond donors (Lipinski definition) is 1. The molecule has 0 saturated carbocycles. The quantitative estimate of drug-likeness (QED) is 0.699. The molecule has 1 unspecified atom stereocenters. The first-order chi connectivity index (χ1) is 10.3. The molecule has 0 aliphatic carbocycles. The molecule has 21 heavy (non-hydrogen) atoms. The molecule has 6 nitrogen and oxygen atoms in total. The number of nitrogens with zero attached hydrogens (tertiary/aromatic N) is 3. The number of aryl methyl sites for hydroxylation is 1. The van der Waals surface area contributed by atoms with Gasteiger partial charge in [0, 0.05) is 57.8 Å². The molecular formula is C15H28N4O2. The molecule has 1 atom stereocenters. The van der Waals surface area contributed by atoms with E-state index in [2.05, 4.69) is 26.7 Å². The number of rotatable bonds is 9. The molecular weight excluding hydrogens is 268 g/mol. The number of imidazole rings is 1. The van der Waals surface area contributed by atoms with Crippen molar-refractivity contribution in [3.05, 3.63) is 12.4 Å². The van der Waals surface area contributed by atoms with Gasteiger partial charge >= 0.3 is 0 Å². The van der Waals surface area contributed by atoms with Crippen LogP contribution < -0.4 is 5.32 Å². The topological polar surface area (TPSA) is 51.5 Å². The summed E-state index contributed by atoms with van der Waals surface area (Å²) in [5.74, 6) is 0.951. The van der Waals surface area contributed by atoms with E-state index in [9.17, 15) is 0 Å². The van der Waals surface area contributed by atoms with Gasteiger partial charge in [-0.25, -0.2) is 4.98 Å². The van der Waals surface area contributed by atoms with Crippen molar-refractivity contribution >= 4 is 5.95 Å². The summed E-state index contributed by atoms with van der Waals surface area (Å²) in [5, 5.41) is 3.51. The summed E-state index contributed by atoms with van der Waals surface area (Å²) in [6, 6.07) is 0.371. The van der Waals surface area contributed by atoms with E-state index in [0.29, 0.717) is 6.04 Å². The van der Waals surface area contributed by atoms with Crippen molar-refractivity contribution in [1.29, 1.82) is 0 Å². The zero-order valence-corrected chi connectivity index (χ0v) is 13.3. The third kappa shape index (κ3) is 5.65. The van der Waals surface area contributed by atoms with Crippen LogP contribution >= 0.6 is 0 Å². The van der Waals surface area contributed by atoms with E-state index in [1.54, 1.807) is 0 Å². The van der Waals surface area contributed by atoms with E-state index >= 15 is 0 Å².